The molecule has 0 N–H and O–H groups in total. The number of benzene rings is 1. The van der Waals surface area contributed by atoms with Crippen molar-refractivity contribution in [3.05, 3.63) is 23.2 Å². The predicted molar refractivity (Wildman–Crippen MR) is 79.4 cm³/mol. The second-order valence-electron chi connectivity index (χ2n) is 4.69. The van der Waals surface area contributed by atoms with Gasteiger partial charge in [-0.2, -0.15) is 5.26 Å². The molecule has 0 saturated heterocycles. The van der Waals surface area contributed by atoms with E-state index in [1.807, 2.05) is 32.0 Å². The lowest BCUT2D eigenvalue weighted by molar-refractivity contribution is 0.482. The third-order valence-corrected chi connectivity index (χ3v) is 5.00. The van der Waals surface area contributed by atoms with Gasteiger partial charge in [-0.3, -0.25) is 0 Å². The fraction of sp³-hybridized carbons (Fsp3) is 0.385. The third-order valence-electron chi connectivity index (χ3n) is 2.59. The number of aromatic nitrogens is 1. The van der Waals surface area contributed by atoms with E-state index in [1.165, 1.54) is 0 Å². The van der Waals surface area contributed by atoms with Gasteiger partial charge in [-0.05, 0) is 38.5 Å². The fourth-order valence-corrected chi connectivity index (χ4v) is 3.94. The Morgan fingerprint density at radius 2 is 2.28 bits per heavy atom. The number of thiazole rings is 1. The number of nitrogens with zero attached hydrogens (tertiary/aromatic N) is 2. The van der Waals surface area contributed by atoms with Gasteiger partial charge in [0.1, 0.15) is 0 Å². The summed E-state index contributed by atoms with van der Waals surface area (Å²) < 4.78 is 2.20. The number of thioether (sulfide) groups is 1. The molecule has 0 spiro atoms. The first-order chi connectivity index (χ1) is 8.50. The van der Waals surface area contributed by atoms with Crippen LogP contribution in [0.25, 0.3) is 10.2 Å². The van der Waals surface area contributed by atoms with Crippen LogP contribution in [0.15, 0.2) is 22.5 Å². The normalized spacial score (nSPS) is 11.7. The van der Waals surface area contributed by atoms with Crippen molar-refractivity contribution in [2.45, 2.75) is 24.6 Å². The summed E-state index contributed by atoms with van der Waals surface area (Å²) in [5.41, 5.74) is 0.696. The monoisotopic (exact) mass is 296 g/mol. The first-order valence-electron chi connectivity index (χ1n) is 5.60. The number of halogens is 1. The van der Waals surface area contributed by atoms with Crippen LogP contribution in [0.3, 0.4) is 0 Å². The lowest BCUT2D eigenvalue weighted by atomic mass is 9.93. The molecular weight excluding hydrogens is 284 g/mol. The lowest BCUT2D eigenvalue weighted by Crippen LogP contribution is -2.08. The van der Waals surface area contributed by atoms with Crippen LogP contribution < -0.4 is 0 Å². The summed E-state index contributed by atoms with van der Waals surface area (Å²) in [5.74, 6) is 0.911. The average Bonchev–Trinajstić information content (AvgIpc) is 2.70. The maximum atomic E-state index is 8.95. The Morgan fingerprint density at radius 1 is 1.50 bits per heavy atom. The Kier molecular flexibility index (Phi) is 4.16. The fourth-order valence-electron chi connectivity index (χ4n) is 1.39. The molecule has 1 aromatic heterocycles. The molecule has 0 saturated carbocycles. The van der Waals surface area contributed by atoms with Gasteiger partial charge in [-0.1, -0.05) is 23.4 Å². The van der Waals surface area contributed by atoms with Crippen molar-refractivity contribution in [2.75, 3.05) is 5.75 Å². The molecule has 1 aromatic carbocycles. The van der Waals surface area contributed by atoms with Crippen molar-refractivity contribution in [2.24, 2.45) is 5.41 Å². The molecule has 5 heteroatoms. The number of hydrogen-bond donors (Lipinski definition) is 0. The van der Waals surface area contributed by atoms with E-state index >= 15 is 0 Å². The van der Waals surface area contributed by atoms with Gasteiger partial charge in [-0.25, -0.2) is 4.98 Å². The third kappa shape index (κ3) is 3.38. The highest BCUT2D eigenvalue weighted by Crippen LogP contribution is 2.32. The molecular formula is C13H13ClN2S2. The van der Waals surface area contributed by atoms with Crippen molar-refractivity contribution in [3.63, 3.8) is 0 Å². The van der Waals surface area contributed by atoms with Crippen LogP contribution in [0, 0.1) is 16.7 Å². The summed E-state index contributed by atoms with van der Waals surface area (Å²) in [4.78, 5) is 4.53. The zero-order valence-electron chi connectivity index (χ0n) is 10.2. The van der Waals surface area contributed by atoms with E-state index in [0.29, 0.717) is 0 Å². The standard InChI is InChI=1S/C13H13ClN2S2/c1-13(2,8-15)5-6-17-12-16-10-7-9(14)3-4-11(10)18-12/h3-4,7H,5-6H2,1-2H3. The molecule has 0 aliphatic rings. The minimum Gasteiger partial charge on any atom is -0.230 e. The number of rotatable bonds is 4. The van der Waals surface area contributed by atoms with Gasteiger partial charge in [0, 0.05) is 10.8 Å². The van der Waals surface area contributed by atoms with Crippen LogP contribution in [0.5, 0.6) is 0 Å². The molecule has 0 aliphatic carbocycles. The Bertz CT molecular complexity index is 599. The number of fused-ring (bicyclic) bond motifs is 1. The molecule has 0 aliphatic heterocycles. The van der Waals surface area contributed by atoms with Crippen LogP contribution >= 0.6 is 34.7 Å². The summed E-state index contributed by atoms with van der Waals surface area (Å²) in [6, 6.07) is 8.08. The second-order valence-corrected chi connectivity index (χ2v) is 7.50. The number of hydrogen-bond acceptors (Lipinski definition) is 4. The Morgan fingerprint density at radius 3 is 3.00 bits per heavy atom. The minimum absolute atomic E-state index is 0.257. The molecule has 0 radical (unpaired) electrons. The van der Waals surface area contributed by atoms with E-state index in [0.717, 1.165) is 31.8 Å². The highest BCUT2D eigenvalue weighted by atomic mass is 35.5. The molecule has 0 amide bonds. The largest absolute Gasteiger partial charge is 0.230 e. The molecule has 0 atom stereocenters. The van der Waals surface area contributed by atoms with Crippen molar-refractivity contribution < 1.29 is 0 Å². The van der Waals surface area contributed by atoms with Crippen LogP contribution in [0.2, 0.25) is 5.02 Å². The molecule has 0 bridgehead atoms. The first-order valence-corrected chi connectivity index (χ1v) is 7.78. The van der Waals surface area contributed by atoms with Gasteiger partial charge in [0.25, 0.3) is 0 Å². The topological polar surface area (TPSA) is 36.7 Å². The van der Waals surface area contributed by atoms with Crippen molar-refractivity contribution in [1.82, 2.24) is 4.98 Å². The zero-order chi connectivity index (χ0) is 13.2. The van der Waals surface area contributed by atoms with Crippen LogP contribution in [0.4, 0.5) is 0 Å². The maximum absolute atomic E-state index is 8.95. The molecule has 2 nitrogen and oxygen atoms in total. The van der Waals surface area contributed by atoms with E-state index < -0.39 is 0 Å². The molecule has 94 valence electrons. The van der Waals surface area contributed by atoms with Crippen molar-refractivity contribution >= 4 is 44.9 Å². The summed E-state index contributed by atoms with van der Waals surface area (Å²) in [7, 11) is 0. The smallest absolute Gasteiger partial charge is 0.151 e. The van der Waals surface area contributed by atoms with Gasteiger partial charge in [0.2, 0.25) is 0 Å². The lowest BCUT2D eigenvalue weighted by Gasteiger charge is -2.13. The van der Waals surface area contributed by atoms with Gasteiger partial charge in [-0.15, -0.1) is 11.3 Å². The maximum Gasteiger partial charge on any atom is 0.151 e. The molecule has 18 heavy (non-hydrogen) atoms. The van der Waals surface area contributed by atoms with Crippen LogP contribution in [0.1, 0.15) is 20.3 Å². The zero-order valence-corrected chi connectivity index (χ0v) is 12.6. The molecule has 2 rings (SSSR count). The van der Waals surface area contributed by atoms with Crippen molar-refractivity contribution in [1.29, 1.82) is 5.26 Å². The molecule has 0 unspecified atom stereocenters. The Hall–Kier alpha value is -0.760. The second kappa shape index (κ2) is 5.48. The van der Waals surface area contributed by atoms with E-state index in [9.17, 15) is 0 Å². The summed E-state index contributed by atoms with van der Waals surface area (Å²) >= 11 is 9.31. The quantitative estimate of drug-likeness (QED) is 0.746. The van der Waals surface area contributed by atoms with Gasteiger partial charge < -0.3 is 0 Å². The summed E-state index contributed by atoms with van der Waals surface area (Å²) in [6.07, 6.45) is 0.866. The molecule has 1 heterocycles. The molecule has 0 fully saturated rings. The predicted octanol–water partition coefficient (Wildman–Crippen LogP) is 4.98. The van der Waals surface area contributed by atoms with Gasteiger partial charge in [0.15, 0.2) is 4.34 Å². The van der Waals surface area contributed by atoms with Gasteiger partial charge in [0.05, 0.1) is 21.7 Å². The van der Waals surface area contributed by atoms with Crippen molar-refractivity contribution in [3.8, 4) is 6.07 Å². The summed E-state index contributed by atoms with van der Waals surface area (Å²) in [5, 5.41) is 9.67. The minimum atomic E-state index is -0.257. The number of nitriles is 1. The van der Waals surface area contributed by atoms with E-state index in [2.05, 4.69) is 11.1 Å². The van der Waals surface area contributed by atoms with E-state index in [4.69, 9.17) is 16.9 Å². The average molecular weight is 297 g/mol. The highest BCUT2D eigenvalue weighted by Gasteiger charge is 2.16. The Labute approximate surface area is 120 Å². The van der Waals surface area contributed by atoms with E-state index in [1.54, 1.807) is 23.1 Å². The van der Waals surface area contributed by atoms with Crippen LogP contribution in [-0.4, -0.2) is 10.7 Å². The first kappa shape index (κ1) is 13.7. The summed E-state index contributed by atoms with van der Waals surface area (Å²) in [6.45, 7) is 3.93. The van der Waals surface area contributed by atoms with Gasteiger partial charge >= 0.3 is 0 Å². The van der Waals surface area contributed by atoms with Crippen LogP contribution in [-0.2, 0) is 0 Å². The molecule has 2 aromatic rings. The Balaban J connectivity index is 2.03. The highest BCUT2D eigenvalue weighted by molar-refractivity contribution is 8.01. The SMILES string of the molecule is CC(C)(C#N)CCSc1nc2cc(Cl)ccc2s1. The van der Waals surface area contributed by atoms with E-state index in [-0.39, 0.29) is 5.41 Å².